The summed E-state index contributed by atoms with van der Waals surface area (Å²) < 4.78 is 11.5. The van der Waals surface area contributed by atoms with Crippen LogP contribution in [0.2, 0.25) is 0 Å². The topological polar surface area (TPSA) is 89.9 Å². The number of hydrogen-bond donors (Lipinski definition) is 1. The van der Waals surface area contributed by atoms with Crippen molar-refractivity contribution < 1.29 is 29.0 Å². The fourth-order valence-corrected chi connectivity index (χ4v) is 9.91. The highest BCUT2D eigenvalue weighted by Crippen LogP contribution is 2.68. The summed E-state index contributed by atoms with van der Waals surface area (Å²) >= 11 is 0. The van der Waals surface area contributed by atoms with Gasteiger partial charge < -0.3 is 14.6 Å². The number of hydrogen-bond acceptors (Lipinski definition) is 6. The molecule has 6 heteroatoms. The molecule has 0 aromatic heterocycles. The van der Waals surface area contributed by atoms with Gasteiger partial charge in [-0.05, 0) is 118 Å². The summed E-state index contributed by atoms with van der Waals surface area (Å²) in [5, 5.41) is 12.3. The zero-order chi connectivity index (χ0) is 28.3. The maximum Gasteiger partial charge on any atom is 0.303 e. The van der Waals surface area contributed by atoms with Gasteiger partial charge in [-0.15, -0.1) is 0 Å². The fourth-order valence-electron chi connectivity index (χ4n) is 9.91. The predicted octanol–water partition coefficient (Wildman–Crippen LogP) is 6.27. The maximum absolute atomic E-state index is 12.3. The van der Waals surface area contributed by atoms with Crippen LogP contribution < -0.4 is 0 Å². The monoisotopic (exact) mass is 532 g/mol. The van der Waals surface area contributed by atoms with Gasteiger partial charge in [-0.2, -0.15) is 0 Å². The predicted molar refractivity (Wildman–Crippen MR) is 146 cm³/mol. The lowest BCUT2D eigenvalue weighted by molar-refractivity contribution is -0.192. The second-order valence-corrected chi connectivity index (χ2v) is 14.7. The zero-order valence-electron chi connectivity index (χ0n) is 25.1. The van der Waals surface area contributed by atoms with Gasteiger partial charge in [0.1, 0.15) is 23.1 Å². The molecule has 1 N–H and O–H groups in total. The third-order valence-electron chi connectivity index (χ3n) is 12.3. The van der Waals surface area contributed by atoms with Crippen LogP contribution in [0.3, 0.4) is 0 Å². The molecule has 0 amide bonds. The van der Waals surface area contributed by atoms with Gasteiger partial charge in [0.15, 0.2) is 0 Å². The van der Waals surface area contributed by atoms with Crippen molar-refractivity contribution >= 4 is 17.7 Å². The first kappa shape index (κ1) is 29.6. The highest BCUT2D eigenvalue weighted by molar-refractivity contribution is 5.79. The Morgan fingerprint density at radius 2 is 1.63 bits per heavy atom. The van der Waals surface area contributed by atoms with E-state index in [0.29, 0.717) is 35.9 Å². The van der Waals surface area contributed by atoms with Crippen molar-refractivity contribution in [2.45, 2.75) is 137 Å². The smallest absolute Gasteiger partial charge is 0.303 e. The van der Waals surface area contributed by atoms with Crippen LogP contribution in [0.1, 0.15) is 120 Å². The van der Waals surface area contributed by atoms with Crippen molar-refractivity contribution in [3.63, 3.8) is 0 Å². The zero-order valence-corrected chi connectivity index (χ0v) is 25.1. The molecule has 3 unspecified atom stereocenters. The van der Waals surface area contributed by atoms with Crippen molar-refractivity contribution in [2.24, 2.45) is 46.3 Å². The quantitative estimate of drug-likeness (QED) is 0.389. The summed E-state index contributed by atoms with van der Waals surface area (Å²) in [6.07, 6.45) is 8.86. The maximum atomic E-state index is 12.3. The van der Waals surface area contributed by atoms with E-state index >= 15 is 0 Å². The first-order valence-electron chi connectivity index (χ1n) is 15.1. The minimum atomic E-state index is -1.19. The Morgan fingerprint density at radius 1 is 0.974 bits per heavy atom. The molecular formula is C32H52O6. The number of carbonyl (C=O) groups excluding carboxylic acids is 3. The van der Waals surface area contributed by atoms with E-state index in [1.165, 1.54) is 20.3 Å². The van der Waals surface area contributed by atoms with Gasteiger partial charge in [-0.3, -0.25) is 14.4 Å². The lowest BCUT2D eigenvalue weighted by Crippen LogP contribution is -2.58. The van der Waals surface area contributed by atoms with Crippen LogP contribution in [0.15, 0.2) is 0 Å². The summed E-state index contributed by atoms with van der Waals surface area (Å²) in [7, 11) is 0. The Labute approximate surface area is 230 Å². The van der Waals surface area contributed by atoms with Crippen molar-refractivity contribution in [1.82, 2.24) is 0 Å². The van der Waals surface area contributed by atoms with Crippen molar-refractivity contribution in [2.75, 3.05) is 0 Å². The average molecular weight is 533 g/mol. The van der Waals surface area contributed by atoms with Crippen molar-refractivity contribution in [1.29, 1.82) is 0 Å². The molecule has 4 aliphatic carbocycles. The summed E-state index contributed by atoms with van der Waals surface area (Å²) in [5.74, 6) is 1.99. The molecular weight excluding hydrogens is 480 g/mol. The highest BCUT2D eigenvalue weighted by atomic mass is 16.6. The van der Waals surface area contributed by atoms with E-state index in [9.17, 15) is 19.5 Å². The van der Waals surface area contributed by atoms with Crippen LogP contribution >= 0.6 is 0 Å². The Balaban J connectivity index is 1.57. The lowest BCUT2D eigenvalue weighted by atomic mass is 9.44. The summed E-state index contributed by atoms with van der Waals surface area (Å²) in [6, 6.07) is 0. The van der Waals surface area contributed by atoms with E-state index in [4.69, 9.17) is 9.47 Å². The molecule has 0 aromatic carbocycles. The molecule has 0 bridgehead atoms. The molecule has 0 heterocycles. The van der Waals surface area contributed by atoms with Crippen molar-refractivity contribution in [3.8, 4) is 0 Å². The Kier molecular flexibility index (Phi) is 7.93. The molecule has 0 spiro atoms. The number of ether oxygens (including phenoxy) is 2. The molecule has 38 heavy (non-hydrogen) atoms. The number of aliphatic hydroxyl groups is 1. The van der Waals surface area contributed by atoms with Gasteiger partial charge in [0.25, 0.3) is 0 Å². The molecule has 0 aromatic rings. The lowest BCUT2D eigenvalue weighted by Gasteiger charge is -2.61. The standard InChI is InChI=1S/C32H52O6/c1-19(29(4,5)38-21(3)34)17-28(37-20(2)33)32(8,36)27-12-11-25-24-10-9-22-18-23(35)13-15-30(22,6)26(24)14-16-31(25,27)7/h19,22,24-28,36H,9-18H2,1-8H3/t19?,22-,24-,25-,26-,27-,28?,30-,31-,32?/m0/s1. The third-order valence-corrected chi connectivity index (χ3v) is 12.3. The molecule has 0 radical (unpaired) electrons. The largest absolute Gasteiger partial charge is 0.460 e. The van der Waals surface area contributed by atoms with Crippen LogP contribution in [0.25, 0.3) is 0 Å². The van der Waals surface area contributed by atoms with E-state index in [-0.39, 0.29) is 28.6 Å². The minimum Gasteiger partial charge on any atom is -0.460 e. The normalized spacial score (nSPS) is 40.1. The van der Waals surface area contributed by atoms with Crippen LogP contribution in [0, 0.1) is 46.3 Å². The molecule has 10 atom stereocenters. The molecule has 4 fully saturated rings. The van der Waals surface area contributed by atoms with E-state index < -0.39 is 23.3 Å². The van der Waals surface area contributed by atoms with Crippen LogP contribution in [0.4, 0.5) is 0 Å². The van der Waals surface area contributed by atoms with Crippen LogP contribution in [0.5, 0.6) is 0 Å². The van der Waals surface area contributed by atoms with E-state index in [1.807, 2.05) is 27.7 Å². The number of ketones is 1. The number of esters is 2. The van der Waals surface area contributed by atoms with Gasteiger partial charge in [-0.25, -0.2) is 0 Å². The first-order chi connectivity index (χ1) is 17.5. The van der Waals surface area contributed by atoms with Gasteiger partial charge in [0.05, 0.1) is 0 Å². The number of Topliss-reactive ketones (excluding diaryl/α,β-unsaturated/α-hetero) is 1. The molecule has 4 rings (SSSR count). The second-order valence-electron chi connectivity index (χ2n) is 14.7. The number of fused-ring (bicyclic) bond motifs is 5. The molecule has 216 valence electrons. The number of carbonyl (C=O) groups is 3. The van der Waals surface area contributed by atoms with Gasteiger partial charge in [0.2, 0.25) is 0 Å². The Morgan fingerprint density at radius 3 is 2.26 bits per heavy atom. The molecule has 0 aliphatic heterocycles. The fraction of sp³-hybridized carbons (Fsp3) is 0.906. The third kappa shape index (κ3) is 5.08. The van der Waals surface area contributed by atoms with E-state index in [2.05, 4.69) is 13.8 Å². The summed E-state index contributed by atoms with van der Waals surface area (Å²) in [4.78, 5) is 36.2. The minimum absolute atomic E-state index is 0.0211. The molecule has 0 saturated heterocycles. The van der Waals surface area contributed by atoms with Gasteiger partial charge >= 0.3 is 11.9 Å². The molecule has 4 saturated carbocycles. The summed E-state index contributed by atoms with van der Waals surface area (Å²) in [6.45, 7) is 15.3. The van der Waals surface area contributed by atoms with Crippen LogP contribution in [-0.2, 0) is 23.9 Å². The second kappa shape index (κ2) is 10.2. The highest BCUT2D eigenvalue weighted by Gasteiger charge is 2.63. The van der Waals surface area contributed by atoms with Gasteiger partial charge in [0, 0.05) is 26.7 Å². The van der Waals surface area contributed by atoms with Crippen molar-refractivity contribution in [3.05, 3.63) is 0 Å². The SMILES string of the molecule is CC(=O)OC(CC(C)C(C)(C)OC(C)=O)C(C)(O)[C@H]1CC[C@H]2[C@@H]3CC[C@H]4CC(=O)CC[C@]4(C)[C@H]3CC[C@]12C. The number of rotatable bonds is 7. The van der Waals surface area contributed by atoms with E-state index in [0.717, 1.165) is 51.4 Å². The molecule has 4 aliphatic rings. The Bertz CT molecular complexity index is 938. The van der Waals surface area contributed by atoms with Gasteiger partial charge in [-0.1, -0.05) is 20.8 Å². The average Bonchev–Trinajstić information content (AvgIpc) is 3.16. The summed E-state index contributed by atoms with van der Waals surface area (Å²) in [5.41, 5.74) is -1.70. The van der Waals surface area contributed by atoms with Crippen LogP contribution in [-0.4, -0.2) is 40.1 Å². The molecule has 6 nitrogen and oxygen atoms in total. The Hall–Kier alpha value is -1.43. The van der Waals surface area contributed by atoms with E-state index in [1.54, 1.807) is 0 Å². The first-order valence-corrected chi connectivity index (χ1v) is 15.1.